The van der Waals surface area contributed by atoms with Crippen LogP contribution in [-0.4, -0.2) is 31.0 Å². The zero-order chi connectivity index (χ0) is 12.1. The molecule has 0 aromatic carbocycles. The minimum Gasteiger partial charge on any atom is -0.397 e. The van der Waals surface area contributed by atoms with Crippen LogP contribution in [0, 0.1) is 0 Å². The van der Waals surface area contributed by atoms with Gasteiger partial charge in [-0.05, 0) is 13.0 Å². The van der Waals surface area contributed by atoms with Gasteiger partial charge in [0.05, 0.1) is 23.5 Å². The molecule has 1 rings (SSSR count). The molecule has 0 atom stereocenters. The summed E-state index contributed by atoms with van der Waals surface area (Å²) < 4.78 is 0. The van der Waals surface area contributed by atoms with Crippen LogP contribution in [0.2, 0.25) is 5.02 Å². The molecule has 0 radical (unpaired) electrons. The molecule has 0 fully saturated rings. The fraction of sp³-hybridized carbons (Fsp3) is 0.400. The van der Waals surface area contributed by atoms with Crippen LogP contribution in [0.5, 0.6) is 0 Å². The van der Waals surface area contributed by atoms with E-state index in [9.17, 15) is 4.79 Å². The van der Waals surface area contributed by atoms with Crippen LogP contribution in [0.1, 0.15) is 6.92 Å². The molecule has 0 saturated carbocycles. The Morgan fingerprint density at radius 2 is 2.38 bits per heavy atom. The summed E-state index contributed by atoms with van der Waals surface area (Å²) in [5, 5.41) is 3.14. The largest absolute Gasteiger partial charge is 0.397 e. The van der Waals surface area contributed by atoms with E-state index in [0.29, 0.717) is 23.1 Å². The first-order valence-corrected chi connectivity index (χ1v) is 5.31. The van der Waals surface area contributed by atoms with Crippen LogP contribution in [0.15, 0.2) is 12.3 Å². The number of carbonyl (C=O) groups excluding carboxylic acids is 1. The lowest BCUT2D eigenvalue weighted by atomic mass is 10.4. The first-order valence-electron chi connectivity index (χ1n) is 4.93. The molecular weight excluding hydrogens is 228 g/mol. The van der Waals surface area contributed by atoms with Gasteiger partial charge in [-0.3, -0.25) is 4.79 Å². The maximum atomic E-state index is 11.4. The van der Waals surface area contributed by atoms with E-state index in [-0.39, 0.29) is 12.5 Å². The summed E-state index contributed by atoms with van der Waals surface area (Å²) in [7, 11) is 1.75. The van der Waals surface area contributed by atoms with Gasteiger partial charge in [0.15, 0.2) is 0 Å². The quantitative estimate of drug-likeness (QED) is 0.823. The van der Waals surface area contributed by atoms with Gasteiger partial charge >= 0.3 is 0 Å². The molecule has 0 aliphatic rings. The van der Waals surface area contributed by atoms with Crippen molar-refractivity contribution >= 4 is 29.0 Å². The number of hydrogen-bond acceptors (Lipinski definition) is 4. The van der Waals surface area contributed by atoms with Crippen LogP contribution in [-0.2, 0) is 4.79 Å². The summed E-state index contributed by atoms with van der Waals surface area (Å²) >= 11 is 5.97. The highest BCUT2D eigenvalue weighted by atomic mass is 35.5. The molecule has 1 amide bonds. The Labute approximate surface area is 99.6 Å². The van der Waals surface area contributed by atoms with Gasteiger partial charge in [0, 0.05) is 13.6 Å². The predicted molar refractivity (Wildman–Crippen MR) is 65.6 cm³/mol. The number of nitrogen functional groups attached to an aromatic ring is 1. The number of pyridine rings is 1. The number of hydrogen-bond donors (Lipinski definition) is 2. The van der Waals surface area contributed by atoms with Gasteiger partial charge in [-0.15, -0.1) is 0 Å². The number of rotatable bonds is 4. The zero-order valence-electron chi connectivity index (χ0n) is 9.33. The average molecular weight is 243 g/mol. The van der Waals surface area contributed by atoms with Crippen molar-refractivity contribution < 1.29 is 4.79 Å². The van der Waals surface area contributed by atoms with Gasteiger partial charge in [0.25, 0.3) is 0 Å². The maximum absolute atomic E-state index is 11.4. The molecule has 0 aliphatic carbocycles. The van der Waals surface area contributed by atoms with E-state index < -0.39 is 0 Å². The summed E-state index contributed by atoms with van der Waals surface area (Å²) in [4.78, 5) is 17.1. The molecule has 88 valence electrons. The molecular formula is C10H15ClN4O. The number of nitrogens with one attached hydrogen (secondary N) is 1. The van der Waals surface area contributed by atoms with Gasteiger partial charge < -0.3 is 16.0 Å². The number of nitrogens with zero attached hydrogens (tertiary/aromatic N) is 2. The predicted octanol–water partition coefficient (Wildman–Crippen LogP) is 0.890. The topological polar surface area (TPSA) is 71.2 Å². The number of carbonyl (C=O) groups is 1. The molecule has 6 heteroatoms. The fourth-order valence-electron chi connectivity index (χ4n) is 1.27. The molecule has 0 aliphatic heterocycles. The minimum atomic E-state index is -0.0697. The fourth-order valence-corrected chi connectivity index (χ4v) is 1.59. The Morgan fingerprint density at radius 1 is 1.69 bits per heavy atom. The maximum Gasteiger partial charge on any atom is 0.239 e. The van der Waals surface area contributed by atoms with Gasteiger partial charge in [0.2, 0.25) is 5.91 Å². The van der Waals surface area contributed by atoms with Crippen molar-refractivity contribution in [2.24, 2.45) is 0 Å². The Balaban J connectivity index is 2.72. The molecule has 1 aromatic heterocycles. The van der Waals surface area contributed by atoms with Crippen molar-refractivity contribution in [3.63, 3.8) is 0 Å². The van der Waals surface area contributed by atoms with Crippen molar-refractivity contribution in [2.75, 3.05) is 30.8 Å². The lowest BCUT2D eigenvalue weighted by molar-refractivity contribution is -0.119. The van der Waals surface area contributed by atoms with E-state index in [1.165, 1.54) is 6.20 Å². The molecule has 5 nitrogen and oxygen atoms in total. The van der Waals surface area contributed by atoms with Gasteiger partial charge in [-0.2, -0.15) is 0 Å². The van der Waals surface area contributed by atoms with Crippen molar-refractivity contribution in [3.05, 3.63) is 17.3 Å². The second kappa shape index (κ2) is 5.55. The Hall–Kier alpha value is -1.49. The lowest BCUT2D eigenvalue weighted by Crippen LogP contribution is -2.35. The van der Waals surface area contributed by atoms with Crippen LogP contribution in [0.25, 0.3) is 0 Å². The molecule has 3 N–H and O–H groups in total. The van der Waals surface area contributed by atoms with Crippen LogP contribution in [0.4, 0.5) is 11.5 Å². The summed E-state index contributed by atoms with van der Waals surface area (Å²) in [6.07, 6.45) is 1.51. The Morgan fingerprint density at radius 3 is 2.94 bits per heavy atom. The molecule has 1 heterocycles. The molecule has 0 bridgehead atoms. The van der Waals surface area contributed by atoms with Crippen LogP contribution < -0.4 is 16.0 Å². The number of halogens is 1. The number of aromatic nitrogens is 1. The van der Waals surface area contributed by atoms with E-state index in [0.717, 1.165) is 0 Å². The summed E-state index contributed by atoms with van der Waals surface area (Å²) in [5.74, 6) is 0.474. The summed E-state index contributed by atoms with van der Waals surface area (Å²) in [6, 6.07) is 1.61. The van der Waals surface area contributed by atoms with E-state index in [1.807, 2.05) is 6.92 Å². The van der Waals surface area contributed by atoms with Crippen molar-refractivity contribution in [3.8, 4) is 0 Å². The van der Waals surface area contributed by atoms with Crippen LogP contribution >= 0.6 is 11.6 Å². The van der Waals surface area contributed by atoms with Crippen molar-refractivity contribution in [1.29, 1.82) is 0 Å². The van der Waals surface area contributed by atoms with Gasteiger partial charge in [-0.25, -0.2) is 4.98 Å². The third kappa shape index (κ3) is 3.27. The smallest absolute Gasteiger partial charge is 0.239 e. The SMILES string of the molecule is CCNC(=O)CN(C)c1ncc(N)cc1Cl. The third-order valence-corrected chi connectivity index (χ3v) is 2.24. The van der Waals surface area contributed by atoms with Gasteiger partial charge in [-0.1, -0.05) is 11.6 Å². The second-order valence-corrected chi connectivity index (χ2v) is 3.79. The zero-order valence-corrected chi connectivity index (χ0v) is 10.1. The highest BCUT2D eigenvalue weighted by Crippen LogP contribution is 2.23. The number of nitrogens with two attached hydrogens (primary N) is 1. The minimum absolute atomic E-state index is 0.0697. The lowest BCUT2D eigenvalue weighted by Gasteiger charge is -2.18. The Kier molecular flexibility index (Phi) is 4.37. The monoisotopic (exact) mass is 242 g/mol. The van der Waals surface area contributed by atoms with Crippen molar-refractivity contribution in [2.45, 2.75) is 6.92 Å². The molecule has 0 unspecified atom stereocenters. The third-order valence-electron chi connectivity index (χ3n) is 1.96. The van der Waals surface area contributed by atoms with Crippen LogP contribution in [0.3, 0.4) is 0 Å². The van der Waals surface area contributed by atoms with Crippen molar-refractivity contribution in [1.82, 2.24) is 10.3 Å². The molecule has 16 heavy (non-hydrogen) atoms. The molecule has 1 aromatic rings. The first kappa shape index (κ1) is 12.6. The first-order chi connectivity index (χ1) is 7.54. The van der Waals surface area contributed by atoms with E-state index in [2.05, 4.69) is 10.3 Å². The number of anilines is 2. The van der Waals surface area contributed by atoms with E-state index in [1.54, 1.807) is 18.0 Å². The molecule has 0 saturated heterocycles. The standard InChI is InChI=1S/C10H15ClN4O/c1-3-13-9(16)6-15(2)10-8(11)4-7(12)5-14-10/h4-5H,3,6,12H2,1-2H3,(H,13,16). The second-order valence-electron chi connectivity index (χ2n) is 3.38. The average Bonchev–Trinajstić information content (AvgIpc) is 2.17. The summed E-state index contributed by atoms with van der Waals surface area (Å²) in [5.41, 5.74) is 6.03. The van der Waals surface area contributed by atoms with Gasteiger partial charge in [0.1, 0.15) is 5.82 Å². The Bertz CT molecular complexity index is 383. The summed E-state index contributed by atoms with van der Waals surface area (Å²) in [6.45, 7) is 2.69. The highest BCUT2D eigenvalue weighted by Gasteiger charge is 2.11. The number of amides is 1. The normalized spacial score (nSPS) is 9.94. The molecule has 0 spiro atoms. The van der Waals surface area contributed by atoms with E-state index in [4.69, 9.17) is 17.3 Å². The number of likely N-dealkylation sites (N-methyl/N-ethyl adjacent to an activating group) is 2. The van der Waals surface area contributed by atoms with E-state index >= 15 is 0 Å². The highest BCUT2D eigenvalue weighted by molar-refractivity contribution is 6.33.